The summed E-state index contributed by atoms with van der Waals surface area (Å²) in [6.45, 7) is 2.22. The second-order valence-electron chi connectivity index (χ2n) is 4.73. The molecule has 0 aromatic carbocycles. The third-order valence-corrected chi connectivity index (χ3v) is 5.94. The molecule has 1 fully saturated rings. The normalized spacial score (nSPS) is 18.8. The van der Waals surface area contributed by atoms with Crippen LogP contribution in [0.15, 0.2) is 0 Å². The topological polar surface area (TPSA) is 46.2 Å². The van der Waals surface area contributed by atoms with Crippen molar-refractivity contribution < 1.29 is 9.59 Å². The van der Waals surface area contributed by atoms with Crippen molar-refractivity contribution in [2.45, 2.75) is 57.1 Å². The fraction of sp³-hybridized carbons (Fsp3) is 0.846. The molecule has 1 saturated heterocycles. The van der Waals surface area contributed by atoms with Gasteiger partial charge in [-0.25, -0.2) is 0 Å². The smallest absolute Gasteiger partial charge is 0.219 e. The molecule has 0 aromatic heterocycles. The second kappa shape index (κ2) is 9.73. The molecule has 0 aliphatic carbocycles. The Morgan fingerprint density at radius 3 is 2.72 bits per heavy atom. The lowest BCUT2D eigenvalue weighted by Gasteiger charge is -2.07. The Morgan fingerprint density at radius 2 is 2.06 bits per heavy atom. The zero-order chi connectivity index (χ0) is 13.2. The molecule has 1 atom stereocenters. The van der Waals surface area contributed by atoms with Gasteiger partial charge in [0.15, 0.2) is 0 Å². The van der Waals surface area contributed by atoms with E-state index in [9.17, 15) is 9.59 Å². The van der Waals surface area contributed by atoms with Gasteiger partial charge >= 0.3 is 0 Å². The molecule has 1 N–H and O–H groups in total. The van der Waals surface area contributed by atoms with Crippen molar-refractivity contribution >= 4 is 33.3 Å². The molecule has 1 heterocycles. The maximum absolute atomic E-state index is 11.5. The van der Waals surface area contributed by atoms with Gasteiger partial charge in [-0.05, 0) is 32.6 Å². The highest BCUT2D eigenvalue weighted by Crippen LogP contribution is 2.39. The van der Waals surface area contributed by atoms with E-state index in [1.54, 1.807) is 6.92 Å². The van der Waals surface area contributed by atoms with Gasteiger partial charge < -0.3 is 10.1 Å². The third kappa shape index (κ3) is 8.03. The molecule has 1 amide bonds. The third-order valence-electron chi connectivity index (χ3n) is 2.94. The summed E-state index contributed by atoms with van der Waals surface area (Å²) in [6.07, 6.45) is 6.67. The number of rotatable bonds is 9. The Balaban J connectivity index is 1.88. The quantitative estimate of drug-likeness (QED) is 0.523. The Morgan fingerprint density at radius 1 is 1.22 bits per heavy atom. The van der Waals surface area contributed by atoms with Crippen molar-refractivity contribution in [3.8, 4) is 0 Å². The van der Waals surface area contributed by atoms with Crippen LogP contribution >= 0.6 is 21.6 Å². The van der Waals surface area contributed by atoms with Gasteiger partial charge in [0.25, 0.3) is 0 Å². The fourth-order valence-corrected chi connectivity index (χ4v) is 4.90. The summed E-state index contributed by atoms with van der Waals surface area (Å²) in [5.41, 5.74) is 0. The standard InChI is InChI=1S/C13H23NO2S2/c1-11(15)5-4-9-14-13(16)7-3-2-6-12-8-10-17-18-12/h12H,2-10H2,1H3,(H,14,16)/t12-/m1/s1. The van der Waals surface area contributed by atoms with Gasteiger partial charge in [0, 0.05) is 30.4 Å². The number of carbonyl (C=O) groups is 2. The Bertz CT molecular complexity index is 266. The highest BCUT2D eigenvalue weighted by molar-refractivity contribution is 8.77. The van der Waals surface area contributed by atoms with Gasteiger partial charge in [-0.1, -0.05) is 28.0 Å². The first kappa shape index (κ1) is 15.9. The minimum Gasteiger partial charge on any atom is -0.356 e. The van der Waals surface area contributed by atoms with Gasteiger partial charge in [-0.15, -0.1) is 0 Å². The first-order chi connectivity index (χ1) is 8.68. The molecule has 5 heteroatoms. The molecule has 0 aromatic rings. The summed E-state index contributed by atoms with van der Waals surface area (Å²) in [4.78, 5) is 22.2. The largest absolute Gasteiger partial charge is 0.356 e. The van der Waals surface area contributed by atoms with Gasteiger partial charge in [0.1, 0.15) is 5.78 Å². The molecular formula is C13H23NO2S2. The average Bonchev–Trinajstić information content (AvgIpc) is 2.83. The number of hydrogen-bond acceptors (Lipinski definition) is 4. The molecule has 3 nitrogen and oxygen atoms in total. The molecule has 0 bridgehead atoms. The predicted octanol–water partition coefficient (Wildman–Crippen LogP) is 3.19. The van der Waals surface area contributed by atoms with Crippen LogP contribution in [0.25, 0.3) is 0 Å². The van der Waals surface area contributed by atoms with Crippen LogP contribution in [-0.2, 0) is 9.59 Å². The summed E-state index contributed by atoms with van der Waals surface area (Å²) < 4.78 is 0. The van der Waals surface area contributed by atoms with Crippen LogP contribution in [0.2, 0.25) is 0 Å². The van der Waals surface area contributed by atoms with Gasteiger partial charge in [0.2, 0.25) is 5.91 Å². The number of amides is 1. The maximum Gasteiger partial charge on any atom is 0.219 e. The van der Waals surface area contributed by atoms with Crippen LogP contribution in [-0.4, -0.2) is 29.2 Å². The molecule has 0 spiro atoms. The van der Waals surface area contributed by atoms with E-state index in [1.807, 2.05) is 21.6 Å². The fourth-order valence-electron chi connectivity index (χ4n) is 1.88. The van der Waals surface area contributed by atoms with Crippen molar-refractivity contribution in [2.24, 2.45) is 0 Å². The maximum atomic E-state index is 11.5. The molecule has 0 radical (unpaired) electrons. The summed E-state index contributed by atoms with van der Waals surface area (Å²) >= 11 is 0. The molecule has 104 valence electrons. The van der Waals surface area contributed by atoms with Gasteiger partial charge in [-0.2, -0.15) is 0 Å². The molecule has 0 saturated carbocycles. The van der Waals surface area contributed by atoms with Crippen LogP contribution in [0.3, 0.4) is 0 Å². The van der Waals surface area contributed by atoms with Crippen LogP contribution < -0.4 is 5.32 Å². The molecule has 18 heavy (non-hydrogen) atoms. The molecule has 1 rings (SSSR count). The van der Waals surface area contributed by atoms with E-state index in [1.165, 1.54) is 18.6 Å². The van der Waals surface area contributed by atoms with Crippen molar-refractivity contribution in [3.05, 3.63) is 0 Å². The lowest BCUT2D eigenvalue weighted by atomic mass is 10.1. The van der Waals surface area contributed by atoms with E-state index in [4.69, 9.17) is 0 Å². The highest BCUT2D eigenvalue weighted by atomic mass is 33.1. The van der Waals surface area contributed by atoms with Crippen molar-refractivity contribution in [2.75, 3.05) is 12.3 Å². The lowest BCUT2D eigenvalue weighted by Crippen LogP contribution is -2.24. The Labute approximate surface area is 118 Å². The minimum atomic E-state index is 0.131. The number of unbranched alkanes of at least 4 members (excludes halogenated alkanes) is 1. The number of hydrogen-bond donors (Lipinski definition) is 1. The number of nitrogens with one attached hydrogen (secondary N) is 1. The van der Waals surface area contributed by atoms with Gasteiger partial charge in [-0.3, -0.25) is 4.79 Å². The number of ketones is 1. The monoisotopic (exact) mass is 289 g/mol. The summed E-state index contributed by atoms with van der Waals surface area (Å²) in [6, 6.07) is 0. The van der Waals surface area contributed by atoms with Crippen molar-refractivity contribution in [3.63, 3.8) is 0 Å². The van der Waals surface area contributed by atoms with Crippen LogP contribution in [0.4, 0.5) is 0 Å². The molecule has 1 aliphatic heterocycles. The van der Waals surface area contributed by atoms with E-state index in [0.717, 1.165) is 24.5 Å². The van der Waals surface area contributed by atoms with Gasteiger partial charge in [0.05, 0.1) is 0 Å². The Kier molecular flexibility index (Phi) is 8.59. The van der Waals surface area contributed by atoms with E-state index < -0.39 is 0 Å². The van der Waals surface area contributed by atoms with E-state index in [2.05, 4.69) is 5.32 Å². The van der Waals surface area contributed by atoms with Crippen LogP contribution in [0.1, 0.15) is 51.9 Å². The van der Waals surface area contributed by atoms with Crippen molar-refractivity contribution in [1.82, 2.24) is 5.32 Å². The summed E-state index contributed by atoms with van der Waals surface area (Å²) in [5.74, 6) is 1.61. The van der Waals surface area contributed by atoms with Crippen molar-refractivity contribution in [1.29, 1.82) is 0 Å². The SMILES string of the molecule is CC(=O)CCCNC(=O)CCCC[C@@H]1CCSS1. The lowest BCUT2D eigenvalue weighted by molar-refractivity contribution is -0.121. The minimum absolute atomic E-state index is 0.131. The number of Topliss-reactive ketones (excluding diaryl/α,β-unsaturated/α-hetero) is 1. The predicted molar refractivity (Wildman–Crippen MR) is 79.8 cm³/mol. The van der Waals surface area contributed by atoms with E-state index >= 15 is 0 Å². The summed E-state index contributed by atoms with van der Waals surface area (Å²) in [7, 11) is 3.98. The number of carbonyl (C=O) groups excluding carboxylic acids is 2. The van der Waals surface area contributed by atoms with E-state index in [-0.39, 0.29) is 11.7 Å². The Hall–Kier alpha value is -0.160. The molecular weight excluding hydrogens is 266 g/mol. The molecule has 1 aliphatic rings. The second-order valence-corrected chi connectivity index (χ2v) is 7.52. The average molecular weight is 289 g/mol. The van der Waals surface area contributed by atoms with Crippen LogP contribution in [0, 0.1) is 0 Å². The first-order valence-electron chi connectivity index (χ1n) is 6.73. The zero-order valence-corrected chi connectivity index (χ0v) is 12.7. The molecule has 0 unspecified atom stereocenters. The zero-order valence-electron chi connectivity index (χ0n) is 11.1. The van der Waals surface area contributed by atoms with Crippen LogP contribution in [0.5, 0.6) is 0 Å². The first-order valence-corrected chi connectivity index (χ1v) is 9.11. The van der Waals surface area contributed by atoms with E-state index in [0.29, 0.717) is 19.4 Å². The highest BCUT2D eigenvalue weighted by Gasteiger charge is 2.15. The summed E-state index contributed by atoms with van der Waals surface area (Å²) in [5, 5.41) is 3.68.